The number of benzene rings is 3. The number of hydrogen-bond donors (Lipinski definition) is 1. The Morgan fingerprint density at radius 3 is 2.36 bits per heavy atom. The monoisotopic (exact) mass is 543 g/mol. The number of hydrogen-bond acceptors (Lipinski definition) is 5. The molecule has 1 fully saturated rings. The Morgan fingerprint density at radius 1 is 0.972 bits per heavy atom. The second kappa shape index (κ2) is 12.3. The highest BCUT2D eigenvalue weighted by Gasteiger charge is 2.28. The predicted octanol–water partition coefficient (Wildman–Crippen LogP) is 4.68. The van der Waals surface area contributed by atoms with E-state index in [0.29, 0.717) is 54.8 Å². The predicted molar refractivity (Wildman–Crippen MR) is 146 cm³/mol. The Bertz CT molecular complexity index is 1270. The molecule has 0 saturated carbocycles. The maximum atomic E-state index is 12.9. The van der Waals surface area contributed by atoms with E-state index in [2.05, 4.69) is 10.2 Å². The van der Waals surface area contributed by atoms with Crippen LogP contribution in [0, 0.1) is 6.92 Å². The van der Waals surface area contributed by atoms with E-state index >= 15 is 0 Å². The van der Waals surface area contributed by atoms with Crippen molar-refractivity contribution in [3.05, 3.63) is 94.5 Å². The molecule has 0 aromatic heterocycles. The van der Waals surface area contributed by atoms with Crippen LogP contribution in [0.15, 0.2) is 82.6 Å². The number of sulfonamides is 1. The molecule has 0 spiro atoms. The molecule has 0 atom stereocenters. The highest BCUT2D eigenvalue weighted by molar-refractivity contribution is 7.99. The van der Waals surface area contributed by atoms with Crippen molar-refractivity contribution in [2.24, 2.45) is 0 Å². The summed E-state index contributed by atoms with van der Waals surface area (Å²) in [5.41, 5.74) is 2.70. The van der Waals surface area contributed by atoms with Crippen molar-refractivity contribution in [3.8, 4) is 0 Å². The summed E-state index contributed by atoms with van der Waals surface area (Å²) in [5, 5.41) is 3.69. The second-order valence-corrected chi connectivity index (χ2v) is 12.3. The number of aryl methyl sites for hydroxylation is 1. The van der Waals surface area contributed by atoms with Gasteiger partial charge in [0.1, 0.15) is 0 Å². The normalized spacial score (nSPS) is 15.1. The molecule has 1 aliphatic rings. The van der Waals surface area contributed by atoms with Crippen LogP contribution in [-0.4, -0.2) is 62.0 Å². The highest BCUT2D eigenvalue weighted by atomic mass is 35.5. The molecule has 3 aromatic rings. The maximum Gasteiger partial charge on any atom is 0.251 e. The van der Waals surface area contributed by atoms with Gasteiger partial charge >= 0.3 is 0 Å². The van der Waals surface area contributed by atoms with E-state index < -0.39 is 10.0 Å². The molecular formula is C27H30ClN3O3S2. The van der Waals surface area contributed by atoms with Gasteiger partial charge in [-0.25, -0.2) is 8.42 Å². The number of carbonyl (C=O) groups is 1. The standard InChI is InChI=1S/C27H30ClN3O3S2/c1-21-5-11-26(12-6-21)36(33,34)31-16-14-30(15-17-31)20-22-3-2-4-23(19-22)27(32)29-13-18-35-25-9-7-24(28)8-10-25/h2-12,19H,13-18,20H2,1H3,(H,29,32). The van der Waals surface area contributed by atoms with Gasteiger partial charge < -0.3 is 5.32 Å². The summed E-state index contributed by atoms with van der Waals surface area (Å²) in [6.45, 7) is 5.35. The maximum absolute atomic E-state index is 12.9. The van der Waals surface area contributed by atoms with Gasteiger partial charge in [0.15, 0.2) is 0 Å². The molecule has 1 amide bonds. The SMILES string of the molecule is Cc1ccc(S(=O)(=O)N2CCN(Cc3cccc(C(=O)NCCSc4ccc(Cl)cc4)c3)CC2)cc1. The third-order valence-corrected chi connectivity index (χ3v) is 9.23. The summed E-state index contributed by atoms with van der Waals surface area (Å²) in [6.07, 6.45) is 0. The first-order valence-corrected chi connectivity index (χ1v) is 14.7. The third-order valence-electron chi connectivity index (χ3n) is 6.06. The van der Waals surface area contributed by atoms with Gasteiger partial charge in [-0.05, 0) is 61.0 Å². The molecule has 1 saturated heterocycles. The van der Waals surface area contributed by atoms with Crippen LogP contribution in [0.4, 0.5) is 0 Å². The Kier molecular flexibility index (Phi) is 9.09. The van der Waals surface area contributed by atoms with Gasteiger partial charge in [0.05, 0.1) is 4.90 Å². The van der Waals surface area contributed by atoms with E-state index in [4.69, 9.17) is 11.6 Å². The van der Waals surface area contributed by atoms with Crippen molar-refractivity contribution in [1.82, 2.24) is 14.5 Å². The second-order valence-electron chi connectivity index (χ2n) is 8.75. The van der Waals surface area contributed by atoms with Crippen LogP contribution < -0.4 is 5.32 Å². The molecule has 36 heavy (non-hydrogen) atoms. The van der Waals surface area contributed by atoms with Gasteiger partial charge in [0.2, 0.25) is 10.0 Å². The lowest BCUT2D eigenvalue weighted by Gasteiger charge is -2.34. The third kappa shape index (κ3) is 7.11. The topological polar surface area (TPSA) is 69.7 Å². The Balaban J connectivity index is 1.25. The zero-order chi connectivity index (χ0) is 25.5. The fourth-order valence-corrected chi connectivity index (χ4v) is 6.34. The smallest absolute Gasteiger partial charge is 0.251 e. The number of piperazine rings is 1. The summed E-state index contributed by atoms with van der Waals surface area (Å²) in [5.74, 6) is 0.672. The van der Waals surface area contributed by atoms with Crippen LogP contribution in [0.2, 0.25) is 5.02 Å². The molecule has 9 heteroatoms. The van der Waals surface area contributed by atoms with Gasteiger partial charge in [-0.1, -0.05) is 41.4 Å². The van der Waals surface area contributed by atoms with Gasteiger partial charge in [-0.15, -0.1) is 11.8 Å². The number of nitrogens with zero attached hydrogens (tertiary/aromatic N) is 2. The number of amides is 1. The first-order valence-electron chi connectivity index (χ1n) is 11.9. The van der Waals surface area contributed by atoms with Crippen molar-refractivity contribution in [2.75, 3.05) is 38.5 Å². The Morgan fingerprint density at radius 2 is 1.67 bits per heavy atom. The molecule has 0 aliphatic carbocycles. The highest BCUT2D eigenvalue weighted by Crippen LogP contribution is 2.21. The summed E-state index contributed by atoms with van der Waals surface area (Å²) in [4.78, 5) is 16.3. The fourth-order valence-electron chi connectivity index (χ4n) is 4.02. The van der Waals surface area contributed by atoms with E-state index in [9.17, 15) is 13.2 Å². The lowest BCUT2D eigenvalue weighted by Crippen LogP contribution is -2.48. The van der Waals surface area contributed by atoms with E-state index in [-0.39, 0.29) is 5.91 Å². The van der Waals surface area contributed by atoms with Crippen LogP contribution in [0.25, 0.3) is 0 Å². The number of rotatable bonds is 9. The lowest BCUT2D eigenvalue weighted by molar-refractivity contribution is 0.0956. The zero-order valence-corrected chi connectivity index (χ0v) is 22.6. The number of nitrogens with one attached hydrogen (secondary N) is 1. The zero-order valence-electron chi connectivity index (χ0n) is 20.2. The van der Waals surface area contributed by atoms with Crippen LogP contribution in [-0.2, 0) is 16.6 Å². The van der Waals surface area contributed by atoms with Crippen LogP contribution in [0.1, 0.15) is 21.5 Å². The molecule has 0 radical (unpaired) electrons. The molecule has 1 N–H and O–H groups in total. The molecule has 190 valence electrons. The molecule has 0 bridgehead atoms. The summed E-state index contributed by atoms with van der Waals surface area (Å²) in [6, 6.07) is 22.3. The molecule has 1 aliphatic heterocycles. The van der Waals surface area contributed by atoms with Crippen LogP contribution in [0.3, 0.4) is 0 Å². The van der Waals surface area contributed by atoms with Crippen molar-refractivity contribution >= 4 is 39.3 Å². The molecule has 3 aromatic carbocycles. The largest absolute Gasteiger partial charge is 0.351 e. The van der Waals surface area contributed by atoms with Gasteiger partial charge in [0.25, 0.3) is 5.91 Å². The Hall–Kier alpha value is -2.36. The van der Waals surface area contributed by atoms with Crippen molar-refractivity contribution < 1.29 is 13.2 Å². The summed E-state index contributed by atoms with van der Waals surface area (Å²) >= 11 is 7.58. The van der Waals surface area contributed by atoms with Crippen molar-refractivity contribution in [2.45, 2.75) is 23.3 Å². The quantitative estimate of drug-likeness (QED) is 0.313. The average Bonchev–Trinajstić information content (AvgIpc) is 2.88. The molecule has 1 heterocycles. The first kappa shape index (κ1) is 26.7. The van der Waals surface area contributed by atoms with E-state index in [1.165, 1.54) is 0 Å². The summed E-state index contributed by atoms with van der Waals surface area (Å²) < 4.78 is 27.4. The summed E-state index contributed by atoms with van der Waals surface area (Å²) in [7, 11) is -3.48. The number of carbonyl (C=O) groups excluding carboxylic acids is 1. The van der Waals surface area contributed by atoms with Crippen molar-refractivity contribution in [3.63, 3.8) is 0 Å². The van der Waals surface area contributed by atoms with Crippen LogP contribution in [0.5, 0.6) is 0 Å². The minimum absolute atomic E-state index is 0.0948. The van der Waals surface area contributed by atoms with Crippen molar-refractivity contribution in [1.29, 1.82) is 0 Å². The lowest BCUT2D eigenvalue weighted by atomic mass is 10.1. The average molecular weight is 544 g/mol. The molecule has 0 unspecified atom stereocenters. The molecule has 6 nitrogen and oxygen atoms in total. The molecular weight excluding hydrogens is 514 g/mol. The van der Waals surface area contributed by atoms with Crippen LogP contribution >= 0.6 is 23.4 Å². The van der Waals surface area contributed by atoms with Gasteiger partial charge in [-0.3, -0.25) is 9.69 Å². The van der Waals surface area contributed by atoms with E-state index in [1.54, 1.807) is 28.2 Å². The number of halogens is 1. The van der Waals surface area contributed by atoms with Gasteiger partial charge in [0, 0.05) is 60.5 Å². The van der Waals surface area contributed by atoms with E-state index in [1.807, 2.05) is 67.6 Å². The fraction of sp³-hybridized carbons (Fsp3) is 0.296. The minimum atomic E-state index is -3.48. The number of thioether (sulfide) groups is 1. The molecule has 4 rings (SSSR count). The van der Waals surface area contributed by atoms with Gasteiger partial charge in [-0.2, -0.15) is 4.31 Å². The minimum Gasteiger partial charge on any atom is -0.351 e. The van der Waals surface area contributed by atoms with E-state index in [0.717, 1.165) is 21.8 Å². The Labute approximate surface area is 222 Å². The first-order chi connectivity index (χ1) is 17.3.